The Morgan fingerprint density at radius 1 is 0.938 bits per heavy atom. The van der Waals surface area contributed by atoms with Crippen LogP contribution in [0.15, 0.2) is 60.7 Å². The first-order valence-corrected chi connectivity index (χ1v) is 11.1. The summed E-state index contributed by atoms with van der Waals surface area (Å²) < 4.78 is 11.7. The van der Waals surface area contributed by atoms with Crippen molar-refractivity contribution in [2.75, 3.05) is 13.2 Å². The Morgan fingerprint density at radius 2 is 1.69 bits per heavy atom. The van der Waals surface area contributed by atoms with Crippen LogP contribution in [0.2, 0.25) is 15.1 Å². The summed E-state index contributed by atoms with van der Waals surface area (Å²) in [5.41, 5.74) is 2.59. The van der Waals surface area contributed by atoms with Crippen molar-refractivity contribution in [3.8, 4) is 11.5 Å². The molecule has 4 nitrogen and oxygen atoms in total. The van der Waals surface area contributed by atoms with Crippen LogP contribution in [0.1, 0.15) is 29.7 Å². The first-order chi connectivity index (χ1) is 15.0. The fourth-order valence-corrected chi connectivity index (χ4v) is 3.81. The third-order valence-electron chi connectivity index (χ3n) is 4.61. The van der Waals surface area contributed by atoms with Crippen molar-refractivity contribution in [2.24, 2.45) is 0 Å². The molecular weight excluding hydrogens is 492 g/mol. The molecule has 3 rings (SSSR count). The normalized spacial score (nSPS) is 11.5. The highest BCUT2D eigenvalue weighted by Crippen LogP contribution is 2.37. The van der Waals surface area contributed by atoms with Crippen LogP contribution in [0.25, 0.3) is 0 Å². The molecule has 0 radical (unpaired) electrons. The Kier molecular flexibility index (Phi) is 10.9. The van der Waals surface area contributed by atoms with Gasteiger partial charge in [0, 0.05) is 28.7 Å². The summed E-state index contributed by atoms with van der Waals surface area (Å²) in [6.07, 6.45) is -0.588. The van der Waals surface area contributed by atoms with Gasteiger partial charge in [-0.25, -0.2) is 0 Å². The van der Waals surface area contributed by atoms with Gasteiger partial charge in [-0.1, -0.05) is 71.2 Å². The van der Waals surface area contributed by atoms with E-state index >= 15 is 0 Å². The Hall–Kier alpha value is -1.66. The van der Waals surface area contributed by atoms with Gasteiger partial charge in [-0.05, 0) is 42.3 Å². The first kappa shape index (κ1) is 26.6. The molecular formula is C24H25Cl4NO3. The van der Waals surface area contributed by atoms with Crippen LogP contribution in [-0.4, -0.2) is 18.3 Å². The molecule has 0 heterocycles. The molecule has 1 atom stereocenters. The van der Waals surface area contributed by atoms with Gasteiger partial charge in [-0.15, -0.1) is 12.4 Å². The van der Waals surface area contributed by atoms with Crippen LogP contribution < -0.4 is 14.8 Å². The maximum Gasteiger partial charge on any atom is 0.180 e. The summed E-state index contributed by atoms with van der Waals surface area (Å²) in [6.45, 7) is 3.54. The summed E-state index contributed by atoms with van der Waals surface area (Å²) >= 11 is 18.7. The van der Waals surface area contributed by atoms with E-state index in [0.29, 0.717) is 46.3 Å². The van der Waals surface area contributed by atoms with Crippen LogP contribution in [0, 0.1) is 0 Å². The van der Waals surface area contributed by atoms with E-state index in [9.17, 15) is 5.11 Å². The van der Waals surface area contributed by atoms with E-state index in [1.54, 1.807) is 12.1 Å². The molecule has 0 fully saturated rings. The second-order valence-electron chi connectivity index (χ2n) is 6.92. The lowest BCUT2D eigenvalue weighted by Crippen LogP contribution is -2.21. The molecule has 0 saturated heterocycles. The van der Waals surface area contributed by atoms with Crippen LogP contribution in [0.4, 0.5) is 0 Å². The number of aliphatic hydroxyl groups excluding tert-OH is 1. The molecule has 0 bridgehead atoms. The monoisotopic (exact) mass is 515 g/mol. The van der Waals surface area contributed by atoms with Gasteiger partial charge in [-0.3, -0.25) is 0 Å². The van der Waals surface area contributed by atoms with E-state index in [1.807, 2.05) is 55.5 Å². The molecule has 0 aromatic heterocycles. The van der Waals surface area contributed by atoms with E-state index in [4.69, 9.17) is 44.3 Å². The molecule has 172 valence electrons. The van der Waals surface area contributed by atoms with Crippen molar-refractivity contribution < 1.29 is 14.6 Å². The SMILES string of the molecule is CCOc1cc(CNCC(O)c2ccccc2)cc(Cl)c1OCc1ccc(Cl)cc1Cl.Cl. The van der Waals surface area contributed by atoms with E-state index in [1.165, 1.54) is 0 Å². The number of benzene rings is 3. The molecule has 0 aliphatic carbocycles. The topological polar surface area (TPSA) is 50.7 Å². The summed E-state index contributed by atoms with van der Waals surface area (Å²) in [7, 11) is 0. The van der Waals surface area contributed by atoms with Crippen molar-refractivity contribution in [3.05, 3.63) is 92.4 Å². The zero-order valence-electron chi connectivity index (χ0n) is 17.5. The number of aliphatic hydroxyl groups is 1. The Balaban J connectivity index is 0.00000363. The van der Waals surface area contributed by atoms with E-state index < -0.39 is 6.10 Å². The van der Waals surface area contributed by atoms with Gasteiger partial charge in [0.2, 0.25) is 0 Å². The van der Waals surface area contributed by atoms with Gasteiger partial charge in [0.15, 0.2) is 11.5 Å². The predicted molar refractivity (Wildman–Crippen MR) is 134 cm³/mol. The Bertz CT molecular complexity index is 1000. The van der Waals surface area contributed by atoms with Crippen LogP contribution >= 0.6 is 47.2 Å². The van der Waals surface area contributed by atoms with Crippen molar-refractivity contribution in [1.82, 2.24) is 5.32 Å². The summed E-state index contributed by atoms with van der Waals surface area (Å²) in [4.78, 5) is 0. The first-order valence-electron chi connectivity index (χ1n) is 9.93. The average molecular weight is 517 g/mol. The lowest BCUT2D eigenvalue weighted by Gasteiger charge is -2.17. The quantitative estimate of drug-likeness (QED) is 0.308. The average Bonchev–Trinajstić information content (AvgIpc) is 2.75. The highest BCUT2D eigenvalue weighted by molar-refractivity contribution is 6.35. The lowest BCUT2D eigenvalue weighted by atomic mass is 10.1. The summed E-state index contributed by atoms with van der Waals surface area (Å²) in [5.74, 6) is 1.02. The molecule has 2 N–H and O–H groups in total. The van der Waals surface area contributed by atoms with Crippen LogP contribution in [0.3, 0.4) is 0 Å². The van der Waals surface area contributed by atoms with Gasteiger partial charge >= 0.3 is 0 Å². The van der Waals surface area contributed by atoms with Crippen molar-refractivity contribution in [3.63, 3.8) is 0 Å². The molecule has 1 unspecified atom stereocenters. The standard InChI is InChI=1S/C24H24Cl3NO3.ClH/c1-2-30-23-11-16(13-28-14-22(29)17-6-4-3-5-7-17)10-21(27)24(23)31-15-18-8-9-19(25)12-20(18)26;/h3-12,22,28-29H,2,13-15H2,1H3;1H. The zero-order valence-corrected chi connectivity index (χ0v) is 20.6. The molecule has 0 amide bonds. The van der Waals surface area contributed by atoms with Crippen molar-refractivity contribution in [1.29, 1.82) is 0 Å². The van der Waals surface area contributed by atoms with Crippen molar-refractivity contribution in [2.45, 2.75) is 26.2 Å². The number of halogens is 4. The fourth-order valence-electron chi connectivity index (χ4n) is 3.06. The van der Waals surface area contributed by atoms with Gasteiger partial charge < -0.3 is 19.9 Å². The second kappa shape index (κ2) is 13.1. The molecule has 0 spiro atoms. The van der Waals surface area contributed by atoms with E-state index in [2.05, 4.69) is 5.32 Å². The number of hydrogen-bond donors (Lipinski definition) is 2. The molecule has 8 heteroatoms. The smallest absolute Gasteiger partial charge is 0.180 e. The third-order valence-corrected chi connectivity index (χ3v) is 5.48. The van der Waals surface area contributed by atoms with Crippen molar-refractivity contribution >= 4 is 47.2 Å². The molecule has 0 saturated carbocycles. The van der Waals surface area contributed by atoms with E-state index in [0.717, 1.165) is 16.7 Å². The van der Waals surface area contributed by atoms with Gasteiger partial charge in [0.1, 0.15) is 6.61 Å². The third kappa shape index (κ3) is 7.45. The van der Waals surface area contributed by atoms with E-state index in [-0.39, 0.29) is 19.0 Å². The zero-order chi connectivity index (χ0) is 22.2. The number of nitrogens with one attached hydrogen (secondary N) is 1. The minimum atomic E-state index is -0.588. The summed E-state index contributed by atoms with van der Waals surface area (Å²) in [6, 6.07) is 18.5. The Morgan fingerprint density at radius 3 is 2.38 bits per heavy atom. The highest BCUT2D eigenvalue weighted by atomic mass is 35.5. The second-order valence-corrected chi connectivity index (χ2v) is 8.17. The fraction of sp³-hybridized carbons (Fsp3) is 0.250. The summed E-state index contributed by atoms with van der Waals surface area (Å²) in [5, 5.41) is 15.1. The molecule has 0 aliphatic heterocycles. The maximum absolute atomic E-state index is 10.3. The molecule has 3 aromatic carbocycles. The predicted octanol–water partition coefficient (Wildman–Crippen LogP) is 6.87. The molecule has 3 aromatic rings. The Labute approximate surface area is 209 Å². The lowest BCUT2D eigenvalue weighted by molar-refractivity contribution is 0.174. The highest BCUT2D eigenvalue weighted by Gasteiger charge is 2.14. The van der Waals surface area contributed by atoms with Gasteiger partial charge in [-0.2, -0.15) is 0 Å². The molecule has 32 heavy (non-hydrogen) atoms. The van der Waals surface area contributed by atoms with Crippen LogP contribution in [0.5, 0.6) is 11.5 Å². The maximum atomic E-state index is 10.3. The van der Waals surface area contributed by atoms with Gasteiger partial charge in [0.25, 0.3) is 0 Å². The minimum absolute atomic E-state index is 0. The number of ether oxygens (including phenoxy) is 2. The largest absolute Gasteiger partial charge is 0.490 e. The van der Waals surface area contributed by atoms with Crippen LogP contribution in [-0.2, 0) is 13.2 Å². The molecule has 0 aliphatic rings. The number of rotatable bonds is 10. The van der Waals surface area contributed by atoms with Gasteiger partial charge in [0.05, 0.1) is 17.7 Å². The minimum Gasteiger partial charge on any atom is -0.490 e. The number of hydrogen-bond acceptors (Lipinski definition) is 4.